The molecule has 1 heterocycles. The van der Waals surface area contributed by atoms with E-state index in [1.54, 1.807) is 31.4 Å². The van der Waals surface area contributed by atoms with E-state index < -0.39 is 0 Å². The second-order valence-corrected chi connectivity index (χ2v) is 7.34. The summed E-state index contributed by atoms with van der Waals surface area (Å²) < 4.78 is 29.8. The molecule has 3 aromatic carbocycles. The normalized spacial score (nSPS) is 10.8. The van der Waals surface area contributed by atoms with Gasteiger partial charge in [0, 0.05) is 18.2 Å². The van der Waals surface area contributed by atoms with E-state index in [1.807, 2.05) is 24.3 Å². The topological polar surface area (TPSA) is 65.5 Å². The monoisotopic (exact) mass is 453 g/mol. The molecule has 0 aliphatic carbocycles. The van der Waals surface area contributed by atoms with Crippen LogP contribution in [0, 0.1) is 5.82 Å². The summed E-state index contributed by atoms with van der Waals surface area (Å²) in [4.78, 5) is 8.67. The van der Waals surface area contributed by atoms with E-state index in [-0.39, 0.29) is 12.4 Å². The second-order valence-electron chi connectivity index (χ2n) is 6.93. The van der Waals surface area contributed by atoms with Crippen LogP contribution in [0.25, 0.3) is 10.9 Å². The fraction of sp³-hybridized carbons (Fsp3) is 0.167. The van der Waals surface area contributed by atoms with Crippen molar-refractivity contribution in [3.63, 3.8) is 0 Å². The van der Waals surface area contributed by atoms with Crippen LogP contribution in [0.3, 0.4) is 0 Å². The molecule has 0 aliphatic rings. The van der Waals surface area contributed by atoms with E-state index in [4.69, 9.17) is 25.8 Å². The Labute approximate surface area is 189 Å². The van der Waals surface area contributed by atoms with Crippen molar-refractivity contribution >= 4 is 34.0 Å². The molecule has 0 fully saturated rings. The molecule has 4 aromatic rings. The zero-order chi connectivity index (χ0) is 22.3. The number of hydrogen-bond acceptors (Lipinski definition) is 6. The molecule has 32 heavy (non-hydrogen) atoms. The van der Waals surface area contributed by atoms with Gasteiger partial charge in [0.05, 0.1) is 17.1 Å². The summed E-state index contributed by atoms with van der Waals surface area (Å²) in [5.41, 5.74) is 2.24. The van der Waals surface area contributed by atoms with Gasteiger partial charge in [-0.1, -0.05) is 23.7 Å². The first-order chi connectivity index (χ1) is 15.6. The Morgan fingerprint density at radius 1 is 0.969 bits per heavy atom. The van der Waals surface area contributed by atoms with Crippen molar-refractivity contribution in [3.05, 3.63) is 83.4 Å². The van der Waals surface area contributed by atoms with Gasteiger partial charge in [-0.05, 0) is 54.1 Å². The lowest BCUT2D eigenvalue weighted by atomic mass is 10.2. The van der Waals surface area contributed by atoms with Crippen molar-refractivity contribution < 1.29 is 18.6 Å². The molecule has 0 spiro atoms. The van der Waals surface area contributed by atoms with Crippen molar-refractivity contribution in [2.24, 2.45) is 0 Å². The Bertz CT molecular complexity index is 1220. The van der Waals surface area contributed by atoms with Crippen LogP contribution in [0.2, 0.25) is 5.02 Å². The lowest BCUT2D eigenvalue weighted by Gasteiger charge is -2.12. The molecule has 1 N–H and O–H groups in total. The van der Waals surface area contributed by atoms with Crippen LogP contribution in [0.5, 0.6) is 11.5 Å². The molecule has 0 unspecified atom stereocenters. The van der Waals surface area contributed by atoms with Gasteiger partial charge in [0.25, 0.3) is 0 Å². The molecule has 164 valence electrons. The van der Waals surface area contributed by atoms with Gasteiger partial charge in [-0.25, -0.2) is 14.4 Å². The molecule has 8 heteroatoms. The number of fused-ring (bicyclic) bond motifs is 1. The molecule has 0 aliphatic heterocycles. The second kappa shape index (κ2) is 10.3. The quantitative estimate of drug-likeness (QED) is 0.324. The van der Waals surface area contributed by atoms with E-state index in [2.05, 4.69) is 15.3 Å². The van der Waals surface area contributed by atoms with Crippen LogP contribution >= 0.6 is 11.6 Å². The standard InChI is InChI=1S/C24H21ClFN3O3/c1-30-9-10-31-19-6-7-22-20(13-19)24(28-15-27-22)29-18-5-8-23(21(25)12-18)32-14-16-3-2-4-17(26)11-16/h2-8,11-13,15H,9-10,14H2,1H3,(H,27,28,29). The lowest BCUT2D eigenvalue weighted by Crippen LogP contribution is -2.04. The Hall–Kier alpha value is -3.42. The number of nitrogens with zero attached hydrogens (tertiary/aromatic N) is 2. The van der Waals surface area contributed by atoms with Gasteiger partial charge in [-0.2, -0.15) is 0 Å². The van der Waals surface area contributed by atoms with Crippen molar-refractivity contribution in [3.8, 4) is 11.5 Å². The molecule has 0 amide bonds. The molecule has 6 nitrogen and oxygen atoms in total. The van der Waals surface area contributed by atoms with Crippen LogP contribution in [0.15, 0.2) is 67.0 Å². The molecule has 4 rings (SSSR count). The maximum absolute atomic E-state index is 13.3. The zero-order valence-corrected chi connectivity index (χ0v) is 18.1. The first kappa shape index (κ1) is 21.8. The number of hydrogen-bond donors (Lipinski definition) is 1. The summed E-state index contributed by atoms with van der Waals surface area (Å²) in [5.74, 6) is 1.52. The van der Waals surface area contributed by atoms with Gasteiger partial charge in [-0.3, -0.25) is 0 Å². The fourth-order valence-corrected chi connectivity index (χ4v) is 3.32. The van der Waals surface area contributed by atoms with E-state index in [9.17, 15) is 4.39 Å². The van der Waals surface area contributed by atoms with Crippen LogP contribution in [0.4, 0.5) is 15.9 Å². The number of anilines is 2. The van der Waals surface area contributed by atoms with E-state index in [0.29, 0.717) is 35.6 Å². The summed E-state index contributed by atoms with van der Waals surface area (Å²) in [7, 11) is 1.63. The highest BCUT2D eigenvalue weighted by Crippen LogP contribution is 2.31. The van der Waals surface area contributed by atoms with Gasteiger partial charge >= 0.3 is 0 Å². The number of halogens is 2. The van der Waals surface area contributed by atoms with Crippen molar-refractivity contribution in [1.29, 1.82) is 0 Å². The molecular weight excluding hydrogens is 433 g/mol. The molecular formula is C24H21ClFN3O3. The van der Waals surface area contributed by atoms with E-state index in [0.717, 1.165) is 22.2 Å². The third-order valence-electron chi connectivity index (χ3n) is 4.64. The highest BCUT2D eigenvalue weighted by atomic mass is 35.5. The maximum atomic E-state index is 13.3. The summed E-state index contributed by atoms with van der Waals surface area (Å²) in [6, 6.07) is 17.2. The van der Waals surface area contributed by atoms with Crippen LogP contribution in [-0.2, 0) is 11.3 Å². The molecule has 0 radical (unpaired) electrons. The van der Waals surface area contributed by atoms with Crippen LogP contribution < -0.4 is 14.8 Å². The third kappa shape index (κ3) is 5.43. The average Bonchev–Trinajstić information content (AvgIpc) is 2.79. The summed E-state index contributed by atoms with van der Waals surface area (Å²) in [6.07, 6.45) is 1.49. The minimum absolute atomic E-state index is 0.215. The highest BCUT2D eigenvalue weighted by molar-refractivity contribution is 6.32. The number of aromatic nitrogens is 2. The molecule has 0 atom stereocenters. The molecule has 0 bridgehead atoms. The third-order valence-corrected chi connectivity index (χ3v) is 4.94. The van der Waals surface area contributed by atoms with Crippen LogP contribution in [0.1, 0.15) is 5.56 Å². The van der Waals surface area contributed by atoms with E-state index in [1.165, 1.54) is 18.5 Å². The van der Waals surface area contributed by atoms with Crippen molar-refractivity contribution in [2.45, 2.75) is 6.61 Å². The van der Waals surface area contributed by atoms with Gasteiger partial charge in [0.15, 0.2) is 0 Å². The molecule has 0 saturated carbocycles. The Morgan fingerprint density at radius 2 is 1.88 bits per heavy atom. The number of benzene rings is 3. The van der Waals surface area contributed by atoms with Crippen LogP contribution in [-0.4, -0.2) is 30.3 Å². The Kier molecular flexibility index (Phi) is 6.99. The minimum Gasteiger partial charge on any atom is -0.491 e. The zero-order valence-electron chi connectivity index (χ0n) is 17.3. The SMILES string of the molecule is COCCOc1ccc2ncnc(Nc3ccc(OCc4cccc(F)c4)c(Cl)c3)c2c1. The van der Waals surface area contributed by atoms with Crippen molar-refractivity contribution in [1.82, 2.24) is 9.97 Å². The Morgan fingerprint density at radius 3 is 2.69 bits per heavy atom. The Balaban J connectivity index is 1.49. The maximum Gasteiger partial charge on any atom is 0.141 e. The summed E-state index contributed by atoms with van der Waals surface area (Å²) >= 11 is 6.40. The van der Waals surface area contributed by atoms with Gasteiger partial charge < -0.3 is 19.5 Å². The summed E-state index contributed by atoms with van der Waals surface area (Å²) in [5, 5.41) is 4.50. The average molecular weight is 454 g/mol. The first-order valence-electron chi connectivity index (χ1n) is 9.93. The predicted octanol–water partition coefficient (Wildman–Crippen LogP) is 5.77. The lowest BCUT2D eigenvalue weighted by molar-refractivity contribution is 0.146. The van der Waals surface area contributed by atoms with E-state index >= 15 is 0 Å². The van der Waals surface area contributed by atoms with Gasteiger partial charge in [0.1, 0.15) is 42.7 Å². The minimum atomic E-state index is -0.305. The summed E-state index contributed by atoms with van der Waals surface area (Å²) in [6.45, 7) is 1.17. The number of nitrogens with one attached hydrogen (secondary N) is 1. The van der Waals surface area contributed by atoms with Crippen molar-refractivity contribution in [2.75, 3.05) is 25.6 Å². The largest absolute Gasteiger partial charge is 0.491 e. The fourth-order valence-electron chi connectivity index (χ4n) is 3.09. The van der Waals surface area contributed by atoms with Gasteiger partial charge in [0.2, 0.25) is 0 Å². The first-order valence-corrected chi connectivity index (χ1v) is 10.3. The van der Waals surface area contributed by atoms with Gasteiger partial charge in [-0.15, -0.1) is 0 Å². The number of rotatable bonds is 9. The highest BCUT2D eigenvalue weighted by Gasteiger charge is 2.09. The number of ether oxygens (including phenoxy) is 3. The molecule has 1 aromatic heterocycles. The molecule has 0 saturated heterocycles. The smallest absolute Gasteiger partial charge is 0.141 e. The predicted molar refractivity (Wildman–Crippen MR) is 122 cm³/mol. The number of methoxy groups -OCH3 is 1.